The van der Waals surface area contributed by atoms with Crippen LogP contribution in [0.1, 0.15) is 17.0 Å². The molecule has 0 radical (unpaired) electrons. The molecule has 1 aliphatic heterocycles. The van der Waals surface area contributed by atoms with E-state index in [2.05, 4.69) is 15.2 Å². The number of benzene rings is 2. The molecule has 0 spiro atoms. The van der Waals surface area contributed by atoms with E-state index in [0.717, 1.165) is 17.1 Å². The molecule has 2 aromatic carbocycles. The number of rotatable bonds is 1. The molecule has 1 aromatic heterocycles. The maximum Gasteiger partial charge on any atom is 0.139 e. The van der Waals surface area contributed by atoms with Gasteiger partial charge in [0, 0.05) is 29.1 Å². The van der Waals surface area contributed by atoms with Crippen molar-refractivity contribution in [3.8, 4) is 5.69 Å². The third-order valence-electron chi connectivity index (χ3n) is 3.83. The van der Waals surface area contributed by atoms with Crippen LogP contribution in [0.4, 0.5) is 4.39 Å². The van der Waals surface area contributed by atoms with Crippen LogP contribution < -0.4 is 0 Å². The molecule has 114 valence electrons. The van der Waals surface area contributed by atoms with Crippen LogP contribution in [-0.2, 0) is 6.42 Å². The number of aromatic nitrogens is 3. The summed E-state index contributed by atoms with van der Waals surface area (Å²) < 4.78 is 16.2. The molecule has 0 unspecified atom stereocenters. The second kappa shape index (κ2) is 5.59. The van der Waals surface area contributed by atoms with E-state index in [0.29, 0.717) is 29.3 Å². The van der Waals surface area contributed by atoms with Crippen molar-refractivity contribution < 1.29 is 4.39 Å². The summed E-state index contributed by atoms with van der Waals surface area (Å²) in [7, 11) is 0. The lowest BCUT2D eigenvalue weighted by Crippen LogP contribution is -2.16. The zero-order valence-electron chi connectivity index (χ0n) is 12.1. The Labute approximate surface area is 137 Å². The maximum absolute atomic E-state index is 14.3. The lowest BCUT2D eigenvalue weighted by molar-refractivity contribution is 0.625. The third kappa shape index (κ3) is 2.43. The van der Waals surface area contributed by atoms with Crippen LogP contribution in [0.2, 0.25) is 5.02 Å². The van der Waals surface area contributed by atoms with Crippen LogP contribution in [0.3, 0.4) is 0 Å². The molecule has 23 heavy (non-hydrogen) atoms. The van der Waals surface area contributed by atoms with Gasteiger partial charge in [-0.25, -0.2) is 4.39 Å². The molecule has 0 saturated carbocycles. The fourth-order valence-electron chi connectivity index (χ4n) is 2.78. The summed E-state index contributed by atoms with van der Waals surface area (Å²) in [6, 6.07) is 12.1. The van der Waals surface area contributed by atoms with Crippen molar-refractivity contribution in [2.75, 3.05) is 6.54 Å². The van der Waals surface area contributed by atoms with Crippen LogP contribution >= 0.6 is 11.6 Å². The molecular formula is C17H12ClFN4. The number of hydrogen-bond donors (Lipinski definition) is 0. The molecule has 0 amide bonds. The molecular weight excluding hydrogens is 315 g/mol. The van der Waals surface area contributed by atoms with Crippen molar-refractivity contribution in [1.29, 1.82) is 0 Å². The summed E-state index contributed by atoms with van der Waals surface area (Å²) in [5.41, 5.74) is 2.67. The summed E-state index contributed by atoms with van der Waals surface area (Å²) >= 11 is 6.18. The second-order valence-electron chi connectivity index (χ2n) is 5.24. The second-order valence-corrected chi connectivity index (χ2v) is 5.68. The largest absolute Gasteiger partial charge is 0.285 e. The summed E-state index contributed by atoms with van der Waals surface area (Å²) in [6.45, 7) is 0.508. The minimum atomic E-state index is -0.304. The molecule has 0 saturated heterocycles. The van der Waals surface area contributed by atoms with Gasteiger partial charge in [0.1, 0.15) is 18.0 Å². The summed E-state index contributed by atoms with van der Waals surface area (Å²) in [5, 5.41) is 8.68. The predicted molar refractivity (Wildman–Crippen MR) is 87.0 cm³/mol. The van der Waals surface area contributed by atoms with Crippen molar-refractivity contribution in [3.63, 3.8) is 0 Å². The maximum atomic E-state index is 14.3. The molecule has 1 aliphatic rings. The van der Waals surface area contributed by atoms with Crippen molar-refractivity contribution in [2.45, 2.75) is 6.42 Å². The van der Waals surface area contributed by atoms with Gasteiger partial charge in [0.2, 0.25) is 0 Å². The molecule has 3 aromatic rings. The minimum absolute atomic E-state index is 0.304. The zero-order valence-corrected chi connectivity index (χ0v) is 12.8. The first-order valence-corrected chi connectivity index (χ1v) is 7.60. The van der Waals surface area contributed by atoms with E-state index in [1.165, 1.54) is 6.07 Å². The normalized spacial score (nSPS) is 13.6. The van der Waals surface area contributed by atoms with Gasteiger partial charge in [0.05, 0.1) is 11.4 Å². The van der Waals surface area contributed by atoms with Crippen LogP contribution in [0.25, 0.3) is 5.69 Å². The molecule has 0 aliphatic carbocycles. The molecule has 0 atom stereocenters. The molecule has 0 fully saturated rings. The Kier molecular flexibility index (Phi) is 3.42. The Morgan fingerprint density at radius 3 is 2.83 bits per heavy atom. The first-order chi connectivity index (χ1) is 11.2. The van der Waals surface area contributed by atoms with Gasteiger partial charge in [-0.1, -0.05) is 23.7 Å². The Morgan fingerprint density at radius 1 is 1.09 bits per heavy atom. The van der Waals surface area contributed by atoms with E-state index in [9.17, 15) is 4.39 Å². The molecule has 0 bridgehead atoms. The standard InChI is InChI=1S/C17H12ClFN4/c18-11-5-6-15-13(9-11)17(12-3-1-2-4-14(12)19)20-8-7-16-22-21-10-23(15)16/h1-6,9-10H,7-8H2. The number of fused-ring (bicyclic) bond motifs is 3. The lowest BCUT2D eigenvalue weighted by Gasteiger charge is -2.18. The van der Waals surface area contributed by atoms with Crippen LogP contribution in [0, 0.1) is 5.82 Å². The smallest absolute Gasteiger partial charge is 0.139 e. The number of hydrogen-bond acceptors (Lipinski definition) is 3. The number of halogens is 2. The van der Waals surface area contributed by atoms with Crippen LogP contribution in [-0.4, -0.2) is 27.0 Å². The van der Waals surface area contributed by atoms with Gasteiger partial charge in [-0.05, 0) is 30.3 Å². The van der Waals surface area contributed by atoms with E-state index in [4.69, 9.17) is 11.6 Å². The fraction of sp³-hybridized carbons (Fsp3) is 0.118. The van der Waals surface area contributed by atoms with E-state index < -0.39 is 0 Å². The van der Waals surface area contributed by atoms with E-state index in [-0.39, 0.29) is 5.82 Å². The third-order valence-corrected chi connectivity index (χ3v) is 4.06. The predicted octanol–water partition coefficient (Wildman–Crippen LogP) is 3.45. The fourth-order valence-corrected chi connectivity index (χ4v) is 2.95. The van der Waals surface area contributed by atoms with Crippen molar-refractivity contribution >= 4 is 17.3 Å². The topological polar surface area (TPSA) is 43.1 Å². The Bertz CT molecular complexity index is 916. The van der Waals surface area contributed by atoms with Gasteiger partial charge in [0.15, 0.2) is 0 Å². The number of aliphatic imine (C=N–C) groups is 1. The molecule has 6 heteroatoms. The first kappa shape index (κ1) is 14.1. The monoisotopic (exact) mass is 326 g/mol. The Morgan fingerprint density at radius 2 is 1.96 bits per heavy atom. The lowest BCUT2D eigenvalue weighted by atomic mass is 9.99. The van der Waals surface area contributed by atoms with Crippen LogP contribution in [0.5, 0.6) is 0 Å². The van der Waals surface area contributed by atoms with Crippen molar-refractivity contribution in [3.05, 3.63) is 76.6 Å². The zero-order chi connectivity index (χ0) is 15.8. The van der Waals surface area contributed by atoms with Gasteiger partial charge in [-0.15, -0.1) is 10.2 Å². The van der Waals surface area contributed by atoms with Crippen molar-refractivity contribution in [2.24, 2.45) is 4.99 Å². The average Bonchev–Trinajstić information content (AvgIpc) is 2.99. The summed E-state index contributed by atoms with van der Waals surface area (Å²) in [6.07, 6.45) is 2.30. The van der Waals surface area contributed by atoms with Crippen LogP contribution in [0.15, 0.2) is 53.8 Å². The van der Waals surface area contributed by atoms with Gasteiger partial charge >= 0.3 is 0 Å². The highest BCUT2D eigenvalue weighted by molar-refractivity contribution is 6.31. The summed E-state index contributed by atoms with van der Waals surface area (Å²) in [5.74, 6) is 0.520. The van der Waals surface area contributed by atoms with Gasteiger partial charge < -0.3 is 0 Å². The highest BCUT2D eigenvalue weighted by atomic mass is 35.5. The minimum Gasteiger partial charge on any atom is -0.285 e. The molecule has 0 N–H and O–H groups in total. The highest BCUT2D eigenvalue weighted by Crippen LogP contribution is 2.26. The molecule has 4 rings (SSSR count). The van der Waals surface area contributed by atoms with E-state index >= 15 is 0 Å². The average molecular weight is 327 g/mol. The quantitative estimate of drug-likeness (QED) is 0.687. The van der Waals surface area contributed by atoms with E-state index in [1.807, 2.05) is 10.6 Å². The molecule has 2 heterocycles. The summed E-state index contributed by atoms with van der Waals surface area (Å²) in [4.78, 5) is 4.61. The first-order valence-electron chi connectivity index (χ1n) is 7.22. The molecule has 4 nitrogen and oxygen atoms in total. The Balaban J connectivity index is 2.00. The number of nitrogens with zero attached hydrogens (tertiary/aromatic N) is 4. The van der Waals surface area contributed by atoms with Crippen molar-refractivity contribution in [1.82, 2.24) is 14.8 Å². The van der Waals surface area contributed by atoms with E-state index in [1.54, 1.807) is 36.7 Å². The Hall–Kier alpha value is -2.53. The van der Waals surface area contributed by atoms with Gasteiger partial charge in [-0.3, -0.25) is 9.56 Å². The highest BCUT2D eigenvalue weighted by Gasteiger charge is 2.20. The van der Waals surface area contributed by atoms with Gasteiger partial charge in [-0.2, -0.15) is 0 Å². The van der Waals surface area contributed by atoms with Gasteiger partial charge in [0.25, 0.3) is 0 Å². The SMILES string of the molecule is Fc1ccccc1C1=NCCc2nncn2-c2ccc(Cl)cc21.